The molecule has 1 aliphatic carbocycles. The fraction of sp³-hybridized carbons (Fsp3) is 0.263. The lowest BCUT2D eigenvalue weighted by Gasteiger charge is -2.41. The zero-order chi connectivity index (χ0) is 18.9. The third kappa shape index (κ3) is 3.30. The van der Waals surface area contributed by atoms with Crippen LogP contribution in [0, 0.1) is 11.6 Å². The number of nitrogens with one attached hydrogen (secondary N) is 1. The van der Waals surface area contributed by atoms with Crippen LogP contribution in [0.4, 0.5) is 20.4 Å². The van der Waals surface area contributed by atoms with Crippen LogP contribution in [-0.4, -0.2) is 26.7 Å². The second kappa shape index (κ2) is 6.86. The Balaban J connectivity index is 1.49. The molecule has 1 saturated carbocycles. The van der Waals surface area contributed by atoms with Gasteiger partial charge in [-0.15, -0.1) is 10.2 Å². The molecule has 1 aliphatic rings. The highest BCUT2D eigenvalue weighted by Crippen LogP contribution is 2.43. The molecule has 27 heavy (non-hydrogen) atoms. The molecule has 3 aromatic heterocycles. The standard InChI is InChI=1S/C19H18F2N6/c20-13-3-1-8-23-17(13)19(6-2-7-19)11-25-16-5-4-15(26-27-16)12-9-14(21)18(22)24-10-12/h1,3-5,8-10H,2,6-7,11H2,(H2,22,24)(H,25,27). The number of hydrogen-bond acceptors (Lipinski definition) is 6. The van der Waals surface area contributed by atoms with Gasteiger partial charge in [-0.25, -0.2) is 13.8 Å². The fourth-order valence-electron chi connectivity index (χ4n) is 3.31. The Labute approximate surface area is 154 Å². The van der Waals surface area contributed by atoms with E-state index in [1.807, 2.05) is 0 Å². The Morgan fingerprint density at radius 2 is 1.93 bits per heavy atom. The minimum Gasteiger partial charge on any atom is -0.381 e. The van der Waals surface area contributed by atoms with E-state index in [1.54, 1.807) is 24.4 Å². The molecule has 6 nitrogen and oxygen atoms in total. The van der Waals surface area contributed by atoms with Gasteiger partial charge in [0.1, 0.15) is 11.6 Å². The summed E-state index contributed by atoms with van der Waals surface area (Å²) in [6.45, 7) is 0.521. The Kier molecular flexibility index (Phi) is 4.39. The first-order valence-corrected chi connectivity index (χ1v) is 8.67. The van der Waals surface area contributed by atoms with E-state index in [-0.39, 0.29) is 17.1 Å². The summed E-state index contributed by atoms with van der Waals surface area (Å²) in [5.41, 5.74) is 6.54. The minimum absolute atomic E-state index is 0.155. The van der Waals surface area contributed by atoms with Gasteiger partial charge in [-0.2, -0.15) is 0 Å². The van der Waals surface area contributed by atoms with Crippen molar-refractivity contribution in [1.82, 2.24) is 20.2 Å². The quantitative estimate of drug-likeness (QED) is 0.718. The van der Waals surface area contributed by atoms with E-state index in [9.17, 15) is 8.78 Å². The van der Waals surface area contributed by atoms with E-state index in [1.165, 1.54) is 18.3 Å². The van der Waals surface area contributed by atoms with Crippen LogP contribution in [0.25, 0.3) is 11.3 Å². The lowest BCUT2D eigenvalue weighted by Crippen LogP contribution is -2.42. The summed E-state index contributed by atoms with van der Waals surface area (Å²) in [4.78, 5) is 8.03. The summed E-state index contributed by atoms with van der Waals surface area (Å²) >= 11 is 0. The van der Waals surface area contributed by atoms with Gasteiger partial charge in [0, 0.05) is 29.9 Å². The van der Waals surface area contributed by atoms with Gasteiger partial charge in [-0.05, 0) is 43.2 Å². The Morgan fingerprint density at radius 3 is 2.56 bits per heavy atom. The average Bonchev–Trinajstić information content (AvgIpc) is 2.65. The molecule has 0 aromatic carbocycles. The maximum atomic E-state index is 14.2. The molecule has 138 valence electrons. The van der Waals surface area contributed by atoms with Crippen LogP contribution >= 0.6 is 0 Å². The zero-order valence-corrected chi connectivity index (χ0v) is 14.5. The van der Waals surface area contributed by atoms with Crippen LogP contribution in [0.1, 0.15) is 25.0 Å². The first kappa shape index (κ1) is 17.3. The maximum Gasteiger partial charge on any atom is 0.165 e. The highest BCUT2D eigenvalue weighted by molar-refractivity contribution is 5.60. The molecule has 0 amide bonds. The third-order valence-corrected chi connectivity index (χ3v) is 5.01. The molecular weight excluding hydrogens is 350 g/mol. The summed E-state index contributed by atoms with van der Waals surface area (Å²) in [7, 11) is 0. The molecule has 3 aromatic rings. The molecule has 0 aliphatic heterocycles. The molecule has 0 bridgehead atoms. The summed E-state index contributed by atoms with van der Waals surface area (Å²) in [5, 5.41) is 11.5. The lowest BCUT2D eigenvalue weighted by atomic mass is 9.66. The Morgan fingerprint density at radius 1 is 1.07 bits per heavy atom. The van der Waals surface area contributed by atoms with Gasteiger partial charge in [-0.1, -0.05) is 6.42 Å². The van der Waals surface area contributed by atoms with Crippen molar-refractivity contribution in [1.29, 1.82) is 0 Å². The predicted octanol–water partition coefficient (Wildman–Crippen LogP) is 3.33. The third-order valence-electron chi connectivity index (χ3n) is 5.01. The molecule has 4 rings (SSSR count). The molecule has 0 radical (unpaired) electrons. The first-order chi connectivity index (χ1) is 13.1. The van der Waals surface area contributed by atoms with Crippen LogP contribution < -0.4 is 11.1 Å². The smallest absolute Gasteiger partial charge is 0.165 e. The molecule has 1 fully saturated rings. The normalized spacial score (nSPS) is 15.2. The summed E-state index contributed by atoms with van der Waals surface area (Å²) in [6, 6.07) is 7.77. The van der Waals surface area contributed by atoms with Crippen molar-refractivity contribution in [2.24, 2.45) is 0 Å². The van der Waals surface area contributed by atoms with E-state index in [0.717, 1.165) is 19.3 Å². The first-order valence-electron chi connectivity index (χ1n) is 8.67. The molecule has 0 atom stereocenters. The van der Waals surface area contributed by atoms with Crippen molar-refractivity contribution >= 4 is 11.6 Å². The van der Waals surface area contributed by atoms with E-state index >= 15 is 0 Å². The number of nitrogens with zero attached hydrogens (tertiary/aromatic N) is 4. The topological polar surface area (TPSA) is 89.6 Å². The van der Waals surface area contributed by atoms with Gasteiger partial charge in [0.05, 0.1) is 11.4 Å². The summed E-state index contributed by atoms with van der Waals surface area (Å²) in [6.07, 6.45) is 5.85. The van der Waals surface area contributed by atoms with Crippen molar-refractivity contribution in [3.05, 3.63) is 60.1 Å². The van der Waals surface area contributed by atoms with Gasteiger partial charge in [0.2, 0.25) is 0 Å². The highest BCUT2D eigenvalue weighted by Gasteiger charge is 2.41. The molecule has 0 saturated heterocycles. The number of nitrogens with two attached hydrogens (primary N) is 1. The van der Waals surface area contributed by atoms with Gasteiger partial charge >= 0.3 is 0 Å². The van der Waals surface area contributed by atoms with E-state index in [2.05, 4.69) is 25.5 Å². The number of anilines is 2. The van der Waals surface area contributed by atoms with Crippen molar-refractivity contribution in [3.63, 3.8) is 0 Å². The van der Waals surface area contributed by atoms with Gasteiger partial charge in [0.15, 0.2) is 11.6 Å². The molecule has 3 heterocycles. The Bertz CT molecular complexity index is 957. The monoisotopic (exact) mass is 368 g/mol. The lowest BCUT2D eigenvalue weighted by molar-refractivity contribution is 0.243. The SMILES string of the molecule is Nc1ncc(-c2ccc(NCC3(c4ncccc4F)CCC3)nn2)cc1F. The van der Waals surface area contributed by atoms with Crippen molar-refractivity contribution in [2.45, 2.75) is 24.7 Å². The van der Waals surface area contributed by atoms with Crippen molar-refractivity contribution in [2.75, 3.05) is 17.6 Å². The largest absolute Gasteiger partial charge is 0.381 e. The highest BCUT2D eigenvalue weighted by atomic mass is 19.1. The molecule has 8 heteroatoms. The number of rotatable bonds is 5. The summed E-state index contributed by atoms with van der Waals surface area (Å²) < 4.78 is 27.7. The number of pyridine rings is 2. The van der Waals surface area contributed by atoms with Crippen LogP contribution in [0.2, 0.25) is 0 Å². The van der Waals surface area contributed by atoms with E-state index in [0.29, 0.717) is 29.3 Å². The summed E-state index contributed by atoms with van der Waals surface area (Å²) in [5.74, 6) is -0.470. The minimum atomic E-state index is -0.596. The van der Waals surface area contributed by atoms with Gasteiger partial charge < -0.3 is 11.1 Å². The maximum absolute atomic E-state index is 14.2. The van der Waals surface area contributed by atoms with Crippen LogP contribution in [0.5, 0.6) is 0 Å². The van der Waals surface area contributed by atoms with Crippen LogP contribution in [-0.2, 0) is 5.41 Å². The van der Waals surface area contributed by atoms with Crippen molar-refractivity contribution < 1.29 is 8.78 Å². The molecular formula is C19H18F2N6. The second-order valence-electron chi connectivity index (χ2n) is 6.72. The van der Waals surface area contributed by atoms with Gasteiger partial charge in [0.25, 0.3) is 0 Å². The number of nitrogen functional groups attached to an aromatic ring is 1. The van der Waals surface area contributed by atoms with Crippen LogP contribution in [0.15, 0.2) is 42.7 Å². The van der Waals surface area contributed by atoms with E-state index in [4.69, 9.17) is 5.73 Å². The molecule has 3 N–H and O–H groups in total. The molecule has 0 unspecified atom stereocenters. The number of aromatic nitrogens is 4. The average molecular weight is 368 g/mol. The zero-order valence-electron chi connectivity index (χ0n) is 14.5. The molecule has 0 spiro atoms. The number of halogens is 2. The number of hydrogen-bond donors (Lipinski definition) is 2. The predicted molar refractivity (Wildman–Crippen MR) is 97.8 cm³/mol. The van der Waals surface area contributed by atoms with Crippen LogP contribution in [0.3, 0.4) is 0 Å². The Hall–Kier alpha value is -3.16. The second-order valence-corrected chi connectivity index (χ2v) is 6.72. The fourth-order valence-corrected chi connectivity index (χ4v) is 3.31. The van der Waals surface area contributed by atoms with E-state index < -0.39 is 5.82 Å². The van der Waals surface area contributed by atoms with Gasteiger partial charge in [-0.3, -0.25) is 4.98 Å². The van der Waals surface area contributed by atoms with Crippen molar-refractivity contribution in [3.8, 4) is 11.3 Å².